The molecule has 0 aliphatic rings. The molecule has 0 N–H and O–H groups in total. The molecule has 0 unspecified atom stereocenters. The highest BCUT2D eigenvalue weighted by Gasteiger charge is 2.33. The SMILES string of the molecule is Fc1ccc(/C=C\C=C(/c2ccc(OC(F)(F)F)cc2)C(F)(F)Cl)cc1Oc1ccccc1. The molecule has 0 bridgehead atoms. The Morgan fingerprint density at radius 3 is 2.09 bits per heavy atom. The van der Waals surface area contributed by atoms with Gasteiger partial charge in [-0.05, 0) is 59.1 Å². The van der Waals surface area contributed by atoms with E-state index in [2.05, 4.69) is 4.74 Å². The van der Waals surface area contributed by atoms with Crippen molar-refractivity contribution < 1.29 is 35.8 Å². The molecule has 0 aliphatic heterocycles. The van der Waals surface area contributed by atoms with Crippen molar-refractivity contribution in [2.75, 3.05) is 0 Å². The standard InChI is InChI=1S/C24H15ClF6O2/c25-23(27,28)20(17-10-12-19(13-11-17)33-24(29,30)31)8-4-5-16-9-14-21(26)22(15-16)32-18-6-2-1-3-7-18/h1-15H/b5-4-,20-8+. The van der Waals surface area contributed by atoms with Crippen LogP contribution in [0.2, 0.25) is 0 Å². The third-order valence-corrected chi connectivity index (χ3v) is 4.39. The lowest BCUT2D eigenvalue weighted by atomic mass is 10.0. The number of hydrogen-bond donors (Lipinski definition) is 0. The summed E-state index contributed by atoms with van der Waals surface area (Å²) >= 11 is 5.18. The van der Waals surface area contributed by atoms with Gasteiger partial charge in [-0.1, -0.05) is 54.6 Å². The molecule has 0 spiro atoms. The number of benzene rings is 3. The monoisotopic (exact) mass is 484 g/mol. The number of rotatable bonds is 7. The summed E-state index contributed by atoms with van der Waals surface area (Å²) < 4.78 is 87.9. The van der Waals surface area contributed by atoms with Gasteiger partial charge in [0, 0.05) is 5.57 Å². The summed E-state index contributed by atoms with van der Waals surface area (Å²) in [6.07, 6.45) is -1.22. The molecule has 0 amide bonds. The first-order valence-corrected chi connectivity index (χ1v) is 9.73. The van der Waals surface area contributed by atoms with Crippen molar-refractivity contribution in [1.29, 1.82) is 0 Å². The second kappa shape index (κ2) is 10.0. The van der Waals surface area contributed by atoms with Crippen LogP contribution >= 0.6 is 11.6 Å². The van der Waals surface area contributed by atoms with Crippen LogP contribution in [-0.4, -0.2) is 11.7 Å². The van der Waals surface area contributed by atoms with Gasteiger partial charge in [-0.3, -0.25) is 0 Å². The van der Waals surface area contributed by atoms with E-state index in [-0.39, 0.29) is 11.3 Å². The molecule has 2 nitrogen and oxygen atoms in total. The largest absolute Gasteiger partial charge is 0.573 e. The molecular weight excluding hydrogens is 470 g/mol. The van der Waals surface area contributed by atoms with E-state index in [4.69, 9.17) is 16.3 Å². The molecule has 0 atom stereocenters. The number of ether oxygens (including phenoxy) is 2. The lowest BCUT2D eigenvalue weighted by Crippen LogP contribution is -2.17. The number of halogens is 7. The third-order valence-electron chi connectivity index (χ3n) is 4.18. The highest BCUT2D eigenvalue weighted by atomic mass is 35.5. The Hall–Kier alpha value is -3.39. The topological polar surface area (TPSA) is 18.5 Å². The highest BCUT2D eigenvalue weighted by molar-refractivity contribution is 6.27. The summed E-state index contributed by atoms with van der Waals surface area (Å²) in [6, 6.07) is 16.3. The maximum atomic E-state index is 14.1. The van der Waals surface area contributed by atoms with Crippen LogP contribution in [0.25, 0.3) is 11.6 Å². The first kappa shape index (κ1) is 24.3. The average molecular weight is 485 g/mol. The Kier molecular flexibility index (Phi) is 7.38. The Bertz CT molecular complexity index is 1130. The lowest BCUT2D eigenvalue weighted by molar-refractivity contribution is -0.274. The predicted octanol–water partition coefficient (Wildman–Crippen LogP) is 8.45. The zero-order valence-corrected chi connectivity index (χ0v) is 17.4. The second-order valence-electron chi connectivity index (χ2n) is 6.61. The smallest absolute Gasteiger partial charge is 0.454 e. The van der Waals surface area contributed by atoms with E-state index in [1.807, 2.05) is 0 Å². The minimum Gasteiger partial charge on any atom is -0.454 e. The number of para-hydroxylation sites is 1. The van der Waals surface area contributed by atoms with E-state index >= 15 is 0 Å². The number of allylic oxidation sites excluding steroid dienone is 3. The molecule has 172 valence electrons. The first-order valence-electron chi connectivity index (χ1n) is 9.35. The Labute approximate surface area is 190 Å². The fourth-order valence-corrected chi connectivity index (χ4v) is 2.94. The highest BCUT2D eigenvalue weighted by Crippen LogP contribution is 2.37. The van der Waals surface area contributed by atoms with Crippen molar-refractivity contribution in [3.05, 3.63) is 102 Å². The van der Waals surface area contributed by atoms with Crippen LogP contribution in [-0.2, 0) is 0 Å². The zero-order valence-electron chi connectivity index (χ0n) is 16.6. The van der Waals surface area contributed by atoms with Crippen LogP contribution in [0, 0.1) is 5.82 Å². The van der Waals surface area contributed by atoms with Crippen molar-refractivity contribution in [2.24, 2.45) is 0 Å². The van der Waals surface area contributed by atoms with Gasteiger partial charge < -0.3 is 9.47 Å². The predicted molar refractivity (Wildman–Crippen MR) is 114 cm³/mol. The summed E-state index contributed by atoms with van der Waals surface area (Å²) in [4.78, 5) is 0. The van der Waals surface area contributed by atoms with E-state index in [0.717, 1.165) is 36.4 Å². The van der Waals surface area contributed by atoms with Gasteiger partial charge in [-0.2, -0.15) is 8.78 Å². The summed E-state index contributed by atoms with van der Waals surface area (Å²) in [5.41, 5.74) is -0.312. The van der Waals surface area contributed by atoms with Crippen molar-refractivity contribution in [3.8, 4) is 17.2 Å². The second-order valence-corrected chi connectivity index (χ2v) is 7.09. The Balaban J connectivity index is 1.82. The number of alkyl halides is 6. The molecule has 3 aromatic rings. The molecular formula is C24H15ClF6O2. The fourth-order valence-electron chi connectivity index (χ4n) is 2.76. The quantitative estimate of drug-likeness (QED) is 0.190. The van der Waals surface area contributed by atoms with Crippen LogP contribution in [0.1, 0.15) is 11.1 Å². The molecule has 0 aliphatic carbocycles. The van der Waals surface area contributed by atoms with E-state index in [9.17, 15) is 26.3 Å². The van der Waals surface area contributed by atoms with Crippen LogP contribution in [0.5, 0.6) is 17.2 Å². The average Bonchev–Trinajstić information content (AvgIpc) is 2.73. The van der Waals surface area contributed by atoms with Gasteiger partial charge in [0.2, 0.25) is 0 Å². The fraction of sp³-hybridized carbons (Fsp3) is 0.0833. The zero-order chi connectivity index (χ0) is 24.1. The molecule has 0 saturated carbocycles. The van der Waals surface area contributed by atoms with Crippen molar-refractivity contribution in [2.45, 2.75) is 11.7 Å². The third kappa shape index (κ3) is 7.32. The minimum absolute atomic E-state index is 0.0597. The van der Waals surface area contributed by atoms with Crippen LogP contribution in [0.15, 0.2) is 84.9 Å². The van der Waals surface area contributed by atoms with Gasteiger partial charge in [0.05, 0.1) is 0 Å². The van der Waals surface area contributed by atoms with E-state index in [0.29, 0.717) is 11.3 Å². The van der Waals surface area contributed by atoms with Gasteiger partial charge in [-0.25, -0.2) is 4.39 Å². The molecule has 0 radical (unpaired) electrons. The van der Waals surface area contributed by atoms with Crippen LogP contribution in [0.3, 0.4) is 0 Å². The van der Waals surface area contributed by atoms with E-state index in [1.165, 1.54) is 24.3 Å². The van der Waals surface area contributed by atoms with Crippen molar-refractivity contribution in [1.82, 2.24) is 0 Å². The van der Waals surface area contributed by atoms with Gasteiger partial charge in [-0.15, -0.1) is 13.2 Å². The van der Waals surface area contributed by atoms with Crippen LogP contribution in [0.4, 0.5) is 26.3 Å². The minimum atomic E-state index is -4.91. The Morgan fingerprint density at radius 1 is 0.818 bits per heavy atom. The molecule has 3 rings (SSSR count). The lowest BCUT2D eigenvalue weighted by Gasteiger charge is -2.14. The van der Waals surface area contributed by atoms with Gasteiger partial charge in [0.1, 0.15) is 11.5 Å². The molecule has 3 aromatic carbocycles. The van der Waals surface area contributed by atoms with Crippen molar-refractivity contribution >= 4 is 23.3 Å². The van der Waals surface area contributed by atoms with Crippen molar-refractivity contribution in [3.63, 3.8) is 0 Å². The number of hydrogen-bond acceptors (Lipinski definition) is 2. The summed E-state index contributed by atoms with van der Waals surface area (Å²) in [7, 11) is 0. The normalized spacial score (nSPS) is 12.8. The molecule has 0 fully saturated rings. The Morgan fingerprint density at radius 2 is 1.48 bits per heavy atom. The maximum absolute atomic E-state index is 14.1. The molecule has 0 aromatic heterocycles. The van der Waals surface area contributed by atoms with Gasteiger partial charge in [0.25, 0.3) is 0 Å². The van der Waals surface area contributed by atoms with Gasteiger partial charge in [0.15, 0.2) is 11.6 Å². The summed E-state index contributed by atoms with van der Waals surface area (Å²) in [5.74, 6) is -0.813. The van der Waals surface area contributed by atoms with E-state index in [1.54, 1.807) is 30.3 Å². The summed E-state index contributed by atoms with van der Waals surface area (Å²) in [6.45, 7) is 0. The van der Waals surface area contributed by atoms with Crippen LogP contribution < -0.4 is 9.47 Å². The van der Waals surface area contributed by atoms with Gasteiger partial charge >= 0.3 is 11.7 Å². The molecule has 9 heteroatoms. The maximum Gasteiger partial charge on any atom is 0.573 e. The summed E-state index contributed by atoms with van der Waals surface area (Å²) in [5, 5.41) is -3.80. The molecule has 0 saturated heterocycles. The molecule has 0 heterocycles. The first-order chi connectivity index (χ1) is 15.5. The molecule has 33 heavy (non-hydrogen) atoms. The van der Waals surface area contributed by atoms with E-state index < -0.39 is 28.9 Å².